The first kappa shape index (κ1) is 11.5. The van der Waals surface area contributed by atoms with Crippen LogP contribution in [0.15, 0.2) is 6.20 Å². The maximum absolute atomic E-state index is 11.8. The van der Waals surface area contributed by atoms with Crippen LogP contribution >= 0.6 is 11.6 Å². The third-order valence-corrected chi connectivity index (χ3v) is 3.19. The Bertz CT molecular complexity index is 400. The number of amides is 1. The molecule has 0 saturated carbocycles. The van der Waals surface area contributed by atoms with E-state index in [4.69, 9.17) is 11.6 Å². The molecular weight excluding hydrogens is 226 g/mol. The van der Waals surface area contributed by atoms with Crippen molar-refractivity contribution >= 4 is 17.5 Å². The van der Waals surface area contributed by atoms with E-state index in [9.17, 15) is 4.79 Å². The fourth-order valence-corrected chi connectivity index (χ4v) is 2.26. The second kappa shape index (κ2) is 4.45. The van der Waals surface area contributed by atoms with Gasteiger partial charge in [-0.05, 0) is 19.8 Å². The summed E-state index contributed by atoms with van der Waals surface area (Å²) in [7, 11) is 1.94. The fraction of sp³-hybridized carbons (Fsp3) is 0.636. The first-order valence-corrected chi connectivity index (χ1v) is 5.96. The summed E-state index contributed by atoms with van der Waals surface area (Å²) >= 11 is 5.84. The Balaban J connectivity index is 2.20. The molecule has 0 saturated heterocycles. The van der Waals surface area contributed by atoms with Gasteiger partial charge in [-0.15, -0.1) is 11.6 Å². The smallest absolute Gasteiger partial charge is 0.240 e. The van der Waals surface area contributed by atoms with Crippen LogP contribution in [0, 0.1) is 0 Å². The molecule has 16 heavy (non-hydrogen) atoms. The second-order valence-corrected chi connectivity index (χ2v) is 4.87. The van der Waals surface area contributed by atoms with Gasteiger partial charge in [-0.1, -0.05) is 0 Å². The Morgan fingerprint density at radius 2 is 2.38 bits per heavy atom. The van der Waals surface area contributed by atoms with Gasteiger partial charge in [0, 0.05) is 31.4 Å². The van der Waals surface area contributed by atoms with Crippen molar-refractivity contribution in [1.29, 1.82) is 0 Å². The molecule has 2 heterocycles. The van der Waals surface area contributed by atoms with Gasteiger partial charge in [0.25, 0.3) is 0 Å². The van der Waals surface area contributed by atoms with Crippen LogP contribution in [0.1, 0.15) is 24.6 Å². The van der Waals surface area contributed by atoms with Gasteiger partial charge >= 0.3 is 0 Å². The maximum Gasteiger partial charge on any atom is 0.240 e. The number of fused-ring (bicyclic) bond motifs is 1. The van der Waals surface area contributed by atoms with Crippen molar-refractivity contribution in [2.45, 2.75) is 31.7 Å². The first-order valence-electron chi connectivity index (χ1n) is 5.52. The molecule has 4 nitrogen and oxygen atoms in total. The minimum Gasteiger partial charge on any atom is -0.337 e. The van der Waals surface area contributed by atoms with Gasteiger partial charge in [0.05, 0.1) is 6.20 Å². The van der Waals surface area contributed by atoms with Crippen molar-refractivity contribution in [1.82, 2.24) is 14.7 Å². The zero-order valence-corrected chi connectivity index (χ0v) is 10.4. The van der Waals surface area contributed by atoms with Gasteiger partial charge in [0.1, 0.15) is 5.38 Å². The number of rotatable bonds is 1. The Morgan fingerprint density at radius 1 is 1.62 bits per heavy atom. The van der Waals surface area contributed by atoms with E-state index in [1.807, 2.05) is 22.8 Å². The number of aromatic nitrogens is 2. The van der Waals surface area contributed by atoms with Crippen LogP contribution in [0.5, 0.6) is 0 Å². The molecular formula is C11H16ClN3O. The Kier molecular flexibility index (Phi) is 3.19. The fourth-order valence-electron chi connectivity index (χ4n) is 2.12. The molecule has 0 bridgehead atoms. The van der Waals surface area contributed by atoms with E-state index in [0.29, 0.717) is 6.54 Å². The molecule has 0 aliphatic carbocycles. The number of alkyl halides is 1. The predicted molar refractivity (Wildman–Crippen MR) is 62.3 cm³/mol. The van der Waals surface area contributed by atoms with Gasteiger partial charge in [-0.25, -0.2) is 0 Å². The number of nitrogens with zero attached hydrogens (tertiary/aromatic N) is 3. The molecule has 1 unspecified atom stereocenters. The molecule has 0 fully saturated rings. The molecule has 1 atom stereocenters. The summed E-state index contributed by atoms with van der Waals surface area (Å²) in [6, 6.07) is 0. The molecule has 0 spiro atoms. The molecule has 0 radical (unpaired) electrons. The van der Waals surface area contributed by atoms with Crippen LogP contribution in [0.2, 0.25) is 0 Å². The van der Waals surface area contributed by atoms with E-state index in [0.717, 1.165) is 24.9 Å². The van der Waals surface area contributed by atoms with Crippen molar-refractivity contribution < 1.29 is 4.79 Å². The minimum atomic E-state index is -0.446. The number of carbonyl (C=O) groups is 1. The highest BCUT2D eigenvalue weighted by Gasteiger charge is 2.23. The Labute approximate surface area is 100 Å². The molecule has 0 N–H and O–H groups in total. The predicted octanol–water partition coefficient (Wildman–Crippen LogP) is 1.32. The van der Waals surface area contributed by atoms with E-state index in [-0.39, 0.29) is 5.91 Å². The molecule has 0 aromatic carbocycles. The van der Waals surface area contributed by atoms with E-state index in [1.165, 1.54) is 5.69 Å². The third kappa shape index (κ3) is 2.07. The largest absolute Gasteiger partial charge is 0.337 e. The zero-order valence-electron chi connectivity index (χ0n) is 9.61. The van der Waals surface area contributed by atoms with Crippen molar-refractivity contribution in [2.24, 2.45) is 7.05 Å². The highest BCUT2D eigenvalue weighted by atomic mass is 35.5. The van der Waals surface area contributed by atoms with Gasteiger partial charge in [0.15, 0.2) is 0 Å². The van der Waals surface area contributed by atoms with E-state index in [1.54, 1.807) is 6.92 Å². The molecule has 5 heteroatoms. The minimum absolute atomic E-state index is 0.0124. The molecule has 1 aliphatic heterocycles. The standard InChI is InChI=1S/C11H16ClN3O/c1-8(12)11(16)15-5-3-4-10-9(7-15)6-13-14(10)2/h6,8H,3-5,7H2,1-2H3. The average molecular weight is 242 g/mol. The summed E-state index contributed by atoms with van der Waals surface area (Å²) in [5.74, 6) is 0.0124. The molecule has 1 amide bonds. The first-order chi connectivity index (χ1) is 7.59. The maximum atomic E-state index is 11.8. The summed E-state index contributed by atoms with van der Waals surface area (Å²) in [6.45, 7) is 3.14. The van der Waals surface area contributed by atoms with E-state index in [2.05, 4.69) is 5.10 Å². The SMILES string of the molecule is CC(Cl)C(=O)N1CCCc2c(cnn2C)C1. The van der Waals surface area contributed by atoms with E-state index >= 15 is 0 Å². The number of hydrogen-bond acceptors (Lipinski definition) is 2. The van der Waals surface area contributed by atoms with Crippen molar-refractivity contribution in [3.63, 3.8) is 0 Å². The normalized spacial score (nSPS) is 17.8. The van der Waals surface area contributed by atoms with Crippen LogP contribution in [0.25, 0.3) is 0 Å². The lowest BCUT2D eigenvalue weighted by molar-refractivity contribution is -0.131. The lowest BCUT2D eigenvalue weighted by Gasteiger charge is -2.21. The summed E-state index contributed by atoms with van der Waals surface area (Å²) < 4.78 is 1.90. The molecule has 1 aromatic heterocycles. The van der Waals surface area contributed by atoms with Crippen molar-refractivity contribution in [3.8, 4) is 0 Å². The van der Waals surface area contributed by atoms with Crippen LogP contribution < -0.4 is 0 Å². The average Bonchev–Trinajstić information content (AvgIpc) is 2.50. The molecule has 88 valence electrons. The topological polar surface area (TPSA) is 38.1 Å². The summed E-state index contributed by atoms with van der Waals surface area (Å²) in [5.41, 5.74) is 2.38. The number of aryl methyl sites for hydroxylation is 1. The number of halogens is 1. The monoisotopic (exact) mass is 241 g/mol. The summed E-state index contributed by atoms with van der Waals surface area (Å²) in [5, 5.41) is 3.78. The number of hydrogen-bond donors (Lipinski definition) is 0. The van der Waals surface area contributed by atoms with Gasteiger partial charge < -0.3 is 4.90 Å². The summed E-state index contributed by atoms with van der Waals surface area (Å²) in [4.78, 5) is 13.7. The Morgan fingerprint density at radius 3 is 3.06 bits per heavy atom. The van der Waals surface area contributed by atoms with Gasteiger partial charge in [0.2, 0.25) is 5.91 Å². The van der Waals surface area contributed by atoms with Crippen molar-refractivity contribution in [2.75, 3.05) is 6.54 Å². The van der Waals surface area contributed by atoms with Crippen LogP contribution in [-0.4, -0.2) is 32.5 Å². The zero-order chi connectivity index (χ0) is 11.7. The lowest BCUT2D eigenvalue weighted by Crippen LogP contribution is -2.35. The lowest BCUT2D eigenvalue weighted by atomic mass is 10.2. The van der Waals surface area contributed by atoms with E-state index < -0.39 is 5.38 Å². The number of carbonyl (C=O) groups excluding carboxylic acids is 1. The van der Waals surface area contributed by atoms with Crippen LogP contribution in [0.3, 0.4) is 0 Å². The quantitative estimate of drug-likeness (QED) is 0.696. The Hall–Kier alpha value is -1.03. The third-order valence-electron chi connectivity index (χ3n) is 3.00. The van der Waals surface area contributed by atoms with Crippen LogP contribution in [-0.2, 0) is 24.8 Å². The summed E-state index contributed by atoms with van der Waals surface area (Å²) in [6.07, 6.45) is 3.80. The highest BCUT2D eigenvalue weighted by molar-refractivity contribution is 6.30. The molecule has 2 rings (SSSR count). The van der Waals surface area contributed by atoms with Gasteiger partial charge in [-0.2, -0.15) is 5.10 Å². The molecule has 1 aromatic rings. The van der Waals surface area contributed by atoms with Crippen LogP contribution in [0.4, 0.5) is 0 Å². The van der Waals surface area contributed by atoms with Crippen molar-refractivity contribution in [3.05, 3.63) is 17.5 Å². The van der Waals surface area contributed by atoms with Gasteiger partial charge in [-0.3, -0.25) is 9.48 Å². The second-order valence-electron chi connectivity index (χ2n) is 4.22. The highest BCUT2D eigenvalue weighted by Crippen LogP contribution is 2.19. The molecule has 1 aliphatic rings.